The predicted octanol–water partition coefficient (Wildman–Crippen LogP) is 5.76. The van der Waals surface area contributed by atoms with Crippen molar-refractivity contribution in [1.29, 1.82) is 0 Å². The van der Waals surface area contributed by atoms with Gasteiger partial charge in [-0.1, -0.05) is 24.3 Å². The Kier molecular flexibility index (Phi) is 6.42. The van der Waals surface area contributed by atoms with Crippen LogP contribution in [0.4, 0.5) is 18.9 Å². The summed E-state index contributed by atoms with van der Waals surface area (Å²) in [7, 11) is 0. The van der Waals surface area contributed by atoms with Gasteiger partial charge < -0.3 is 15.1 Å². The van der Waals surface area contributed by atoms with E-state index in [1.807, 2.05) is 24.3 Å². The van der Waals surface area contributed by atoms with Crippen LogP contribution in [0.3, 0.4) is 0 Å². The van der Waals surface area contributed by atoms with E-state index < -0.39 is 5.54 Å². The number of benzene rings is 3. The number of piperidine rings is 1. The summed E-state index contributed by atoms with van der Waals surface area (Å²) >= 11 is 0. The molecule has 1 N–H and O–H groups in total. The van der Waals surface area contributed by atoms with E-state index in [1.54, 1.807) is 12.1 Å². The molecule has 6 rings (SSSR count). The van der Waals surface area contributed by atoms with Crippen molar-refractivity contribution in [2.45, 2.75) is 55.5 Å². The molecule has 38 heavy (non-hydrogen) atoms. The second kappa shape index (κ2) is 9.77. The van der Waals surface area contributed by atoms with E-state index in [4.69, 9.17) is 0 Å². The van der Waals surface area contributed by atoms with E-state index in [9.17, 15) is 18.0 Å². The topological polar surface area (TPSA) is 35.6 Å². The summed E-state index contributed by atoms with van der Waals surface area (Å²) in [5.74, 6) is -0.753. The fraction of sp³-hybridized carbons (Fsp3) is 0.387. The molecule has 0 unspecified atom stereocenters. The van der Waals surface area contributed by atoms with Gasteiger partial charge in [-0.2, -0.15) is 0 Å². The fourth-order valence-corrected chi connectivity index (χ4v) is 7.05. The summed E-state index contributed by atoms with van der Waals surface area (Å²) in [6.07, 6.45) is 5.14. The molecule has 0 atom stereocenters. The number of anilines is 1. The zero-order valence-corrected chi connectivity index (χ0v) is 21.3. The number of hydrogen-bond acceptors (Lipinski definition) is 3. The van der Waals surface area contributed by atoms with Gasteiger partial charge in [0.1, 0.15) is 23.0 Å². The molecule has 7 heteroatoms. The molecular formula is C31H32F3N3O. The Morgan fingerprint density at radius 1 is 0.684 bits per heavy atom. The number of carbonyl (C=O) groups excluding carboxylic acids is 1. The largest absolute Gasteiger partial charge is 0.339 e. The molecule has 0 radical (unpaired) electrons. The molecule has 2 saturated heterocycles. The molecule has 1 amide bonds. The van der Waals surface area contributed by atoms with Crippen LogP contribution in [0.5, 0.6) is 0 Å². The number of nitrogens with zero attached hydrogens (tertiary/aromatic N) is 2. The maximum absolute atomic E-state index is 13.7. The van der Waals surface area contributed by atoms with Crippen molar-refractivity contribution in [2.75, 3.05) is 24.7 Å². The number of amides is 1. The summed E-state index contributed by atoms with van der Waals surface area (Å²) < 4.78 is 41.0. The molecule has 2 heterocycles. The number of nitrogens with one attached hydrogen (secondary N) is 1. The maximum atomic E-state index is 13.7. The van der Waals surface area contributed by atoms with E-state index in [0.29, 0.717) is 25.6 Å². The lowest BCUT2D eigenvalue weighted by molar-refractivity contribution is -0.125. The summed E-state index contributed by atoms with van der Waals surface area (Å²) in [5.41, 5.74) is 2.12. The first kappa shape index (κ1) is 25.0. The summed E-state index contributed by atoms with van der Waals surface area (Å²) in [5, 5.41) is 3.01. The molecule has 3 aliphatic rings. The van der Waals surface area contributed by atoms with E-state index in [2.05, 4.69) is 15.1 Å². The highest BCUT2D eigenvalue weighted by Crippen LogP contribution is 2.47. The predicted molar refractivity (Wildman–Crippen MR) is 141 cm³/mol. The minimum absolute atomic E-state index is 0.0526. The minimum Gasteiger partial charge on any atom is -0.339 e. The molecule has 4 nitrogen and oxygen atoms in total. The Morgan fingerprint density at radius 2 is 1.16 bits per heavy atom. The lowest BCUT2D eigenvalue weighted by Gasteiger charge is -2.49. The quantitative estimate of drug-likeness (QED) is 0.476. The van der Waals surface area contributed by atoms with Crippen molar-refractivity contribution >= 4 is 11.6 Å². The Bertz CT molecular complexity index is 1230. The molecule has 3 fully saturated rings. The third kappa shape index (κ3) is 4.27. The molecule has 1 spiro atoms. The summed E-state index contributed by atoms with van der Waals surface area (Å²) in [6.45, 7) is 2.07. The van der Waals surface area contributed by atoms with Gasteiger partial charge in [0.25, 0.3) is 0 Å². The highest BCUT2D eigenvalue weighted by molar-refractivity contribution is 5.93. The van der Waals surface area contributed by atoms with Crippen LogP contribution in [-0.4, -0.2) is 42.1 Å². The Hall–Kier alpha value is -3.32. The highest BCUT2D eigenvalue weighted by atomic mass is 19.1. The second-order valence-corrected chi connectivity index (χ2v) is 11.0. The first-order chi connectivity index (χ1) is 18.4. The smallest absolute Gasteiger partial charge is 0.247 e. The van der Waals surface area contributed by atoms with Crippen LogP contribution < -0.4 is 10.2 Å². The molecule has 3 aromatic rings. The van der Waals surface area contributed by atoms with Gasteiger partial charge >= 0.3 is 0 Å². The molecule has 0 bridgehead atoms. The van der Waals surface area contributed by atoms with Crippen molar-refractivity contribution in [3.8, 4) is 0 Å². The van der Waals surface area contributed by atoms with Gasteiger partial charge in [0.2, 0.25) is 5.91 Å². The van der Waals surface area contributed by atoms with Crippen LogP contribution in [0.2, 0.25) is 0 Å². The van der Waals surface area contributed by atoms with Crippen LogP contribution >= 0.6 is 0 Å². The standard InChI is InChI=1S/C31H32F3N3O/c32-24-5-1-22(2-6-24)30(23-3-7-25(33)8-4-23)15-13-27(14-16-30)36-19-17-31(18-20-36)29(38)35-21-37(31)28-11-9-26(34)10-12-28/h1-12,27H,13-21H2,(H,35,38). The minimum atomic E-state index is -0.602. The van der Waals surface area contributed by atoms with E-state index >= 15 is 0 Å². The molecule has 1 aliphatic carbocycles. The first-order valence-corrected chi connectivity index (χ1v) is 13.5. The number of likely N-dealkylation sites (tertiary alicyclic amines) is 1. The molecule has 0 aromatic heterocycles. The Labute approximate surface area is 221 Å². The zero-order valence-electron chi connectivity index (χ0n) is 21.3. The van der Waals surface area contributed by atoms with E-state index in [1.165, 1.54) is 36.4 Å². The number of halogens is 3. The van der Waals surface area contributed by atoms with Crippen molar-refractivity contribution in [3.05, 3.63) is 101 Å². The van der Waals surface area contributed by atoms with E-state index in [-0.39, 0.29) is 28.8 Å². The number of hydrogen-bond donors (Lipinski definition) is 1. The molecular weight excluding hydrogens is 487 g/mol. The molecule has 3 aromatic carbocycles. The van der Waals surface area contributed by atoms with Crippen molar-refractivity contribution in [3.63, 3.8) is 0 Å². The SMILES string of the molecule is O=C1NCN(c2ccc(F)cc2)C12CCN(C1CCC(c3ccc(F)cc3)(c3ccc(F)cc3)CC1)CC2. The highest BCUT2D eigenvalue weighted by Gasteiger charge is 2.51. The third-order valence-corrected chi connectivity index (χ3v) is 9.22. The normalized spacial score (nSPS) is 21.6. The van der Waals surface area contributed by atoms with E-state index in [0.717, 1.165) is 55.6 Å². The average molecular weight is 520 g/mol. The number of rotatable bonds is 4. The second-order valence-electron chi connectivity index (χ2n) is 11.0. The maximum Gasteiger partial charge on any atom is 0.247 e. The van der Waals surface area contributed by atoms with Crippen LogP contribution in [0.25, 0.3) is 0 Å². The number of carbonyl (C=O) groups is 1. The van der Waals surface area contributed by atoms with Crippen LogP contribution in [-0.2, 0) is 10.2 Å². The van der Waals surface area contributed by atoms with Crippen molar-refractivity contribution < 1.29 is 18.0 Å². The fourth-order valence-electron chi connectivity index (χ4n) is 7.05. The van der Waals surface area contributed by atoms with Gasteiger partial charge in [0.15, 0.2) is 0 Å². The van der Waals surface area contributed by atoms with Crippen LogP contribution in [0.1, 0.15) is 49.7 Å². The lowest BCUT2D eigenvalue weighted by Crippen LogP contribution is -2.58. The van der Waals surface area contributed by atoms with Gasteiger partial charge in [-0.25, -0.2) is 13.2 Å². The van der Waals surface area contributed by atoms with Gasteiger partial charge in [0, 0.05) is 30.2 Å². The van der Waals surface area contributed by atoms with Gasteiger partial charge in [0.05, 0.1) is 6.67 Å². The van der Waals surface area contributed by atoms with Gasteiger partial charge in [-0.05, 0) is 98.2 Å². The van der Waals surface area contributed by atoms with Crippen molar-refractivity contribution in [2.24, 2.45) is 0 Å². The zero-order chi connectivity index (χ0) is 26.3. The Balaban J connectivity index is 1.18. The average Bonchev–Trinajstić information content (AvgIpc) is 3.25. The van der Waals surface area contributed by atoms with Gasteiger partial charge in [-0.15, -0.1) is 0 Å². The molecule has 2 aliphatic heterocycles. The van der Waals surface area contributed by atoms with Crippen LogP contribution in [0, 0.1) is 17.5 Å². The first-order valence-electron chi connectivity index (χ1n) is 13.5. The van der Waals surface area contributed by atoms with Gasteiger partial charge in [-0.3, -0.25) is 4.79 Å². The van der Waals surface area contributed by atoms with Crippen LogP contribution in [0.15, 0.2) is 72.8 Å². The molecule has 1 saturated carbocycles. The third-order valence-electron chi connectivity index (χ3n) is 9.22. The summed E-state index contributed by atoms with van der Waals surface area (Å²) in [4.78, 5) is 17.6. The molecule has 198 valence electrons. The Morgan fingerprint density at radius 3 is 1.66 bits per heavy atom. The monoisotopic (exact) mass is 519 g/mol. The lowest BCUT2D eigenvalue weighted by atomic mass is 9.64. The summed E-state index contributed by atoms with van der Waals surface area (Å²) in [6, 6.07) is 20.3. The van der Waals surface area contributed by atoms with Crippen molar-refractivity contribution in [1.82, 2.24) is 10.2 Å².